The quantitative estimate of drug-likeness (QED) is 0.333. The molecule has 0 saturated carbocycles. The van der Waals surface area contributed by atoms with E-state index < -0.39 is 0 Å². The zero-order valence-electron chi connectivity index (χ0n) is 15.4. The number of nitrogens with one attached hydrogen (secondary N) is 1. The van der Waals surface area contributed by atoms with Gasteiger partial charge in [-0.1, -0.05) is 59.5 Å². The van der Waals surface area contributed by atoms with Crippen molar-refractivity contribution in [3.8, 4) is 11.5 Å². The van der Waals surface area contributed by atoms with Gasteiger partial charge in [0.2, 0.25) is 11.0 Å². The first-order valence-electron chi connectivity index (χ1n) is 8.39. The average Bonchev–Trinajstić information content (AvgIpc) is 3.19. The van der Waals surface area contributed by atoms with E-state index in [1.807, 2.05) is 54.8 Å². The van der Waals surface area contributed by atoms with Crippen molar-refractivity contribution in [3.05, 3.63) is 65.7 Å². The monoisotopic (exact) mass is 413 g/mol. The number of ether oxygens (including phenoxy) is 2. The van der Waals surface area contributed by atoms with E-state index >= 15 is 0 Å². The van der Waals surface area contributed by atoms with Crippen molar-refractivity contribution in [2.75, 3.05) is 18.7 Å². The summed E-state index contributed by atoms with van der Waals surface area (Å²) >= 11 is 2.82. The Morgan fingerprint density at radius 2 is 2.00 bits per heavy atom. The van der Waals surface area contributed by atoms with Crippen LogP contribution in [0.15, 0.2) is 58.9 Å². The zero-order valence-corrected chi connectivity index (χ0v) is 17.0. The van der Waals surface area contributed by atoms with E-state index in [1.54, 1.807) is 13.2 Å². The Balaban J connectivity index is 1.62. The summed E-state index contributed by atoms with van der Waals surface area (Å²) in [6.45, 7) is 0.453. The third-order valence-corrected chi connectivity index (χ3v) is 5.48. The number of carbonyl (C=O) groups excluding carboxylic acids is 1. The average molecular weight is 414 g/mol. The number of nitrogens with zero attached hydrogens (tertiary/aromatic N) is 2. The fourth-order valence-corrected chi connectivity index (χ4v) is 3.48. The molecule has 2 aromatic carbocycles. The third-order valence-electron chi connectivity index (χ3n) is 3.66. The molecule has 0 atom stereocenters. The fourth-order valence-electron chi connectivity index (χ4n) is 2.30. The van der Waals surface area contributed by atoms with Gasteiger partial charge in [0.25, 0.3) is 0 Å². The van der Waals surface area contributed by atoms with E-state index in [4.69, 9.17) is 9.47 Å². The topological polar surface area (TPSA) is 73.3 Å². The van der Waals surface area contributed by atoms with Gasteiger partial charge in [-0.05, 0) is 35.6 Å². The van der Waals surface area contributed by atoms with Crippen LogP contribution in [0.25, 0.3) is 6.08 Å². The zero-order chi connectivity index (χ0) is 19.8. The summed E-state index contributed by atoms with van der Waals surface area (Å²) in [4.78, 5) is 12.0. The summed E-state index contributed by atoms with van der Waals surface area (Å²) in [6, 6.07) is 15.4. The first-order chi connectivity index (χ1) is 13.7. The number of benzene rings is 2. The molecule has 1 N–H and O–H groups in total. The second-order valence-electron chi connectivity index (χ2n) is 5.58. The van der Waals surface area contributed by atoms with Crippen LogP contribution in [0, 0.1) is 0 Å². The highest BCUT2D eigenvalue weighted by molar-refractivity contribution is 8.00. The molecule has 0 aliphatic rings. The highest BCUT2D eigenvalue weighted by atomic mass is 32.2. The number of aromatic nitrogens is 2. The predicted octanol–water partition coefficient (Wildman–Crippen LogP) is 4.50. The van der Waals surface area contributed by atoms with E-state index in [2.05, 4.69) is 15.5 Å². The molecule has 0 saturated heterocycles. The molecule has 0 aliphatic heterocycles. The number of amides is 1. The van der Waals surface area contributed by atoms with Gasteiger partial charge >= 0.3 is 0 Å². The Labute approximate surface area is 171 Å². The van der Waals surface area contributed by atoms with Crippen LogP contribution >= 0.6 is 23.1 Å². The van der Waals surface area contributed by atoms with Crippen LogP contribution in [0.3, 0.4) is 0 Å². The molecule has 0 spiro atoms. The minimum atomic E-state index is -0.271. The van der Waals surface area contributed by atoms with Crippen molar-refractivity contribution in [3.63, 3.8) is 0 Å². The molecule has 0 bridgehead atoms. The van der Waals surface area contributed by atoms with E-state index in [9.17, 15) is 4.79 Å². The Bertz CT molecular complexity index is 958. The van der Waals surface area contributed by atoms with Gasteiger partial charge in [0.15, 0.2) is 15.8 Å². The molecule has 1 aromatic heterocycles. The molecule has 3 rings (SSSR count). The molecule has 1 amide bonds. The molecule has 0 unspecified atom stereocenters. The molecule has 0 fully saturated rings. The summed E-state index contributed by atoms with van der Waals surface area (Å²) in [5.41, 5.74) is 1.90. The van der Waals surface area contributed by atoms with Crippen LogP contribution < -0.4 is 14.8 Å². The minimum Gasteiger partial charge on any atom is -0.493 e. The first-order valence-corrected chi connectivity index (χ1v) is 10.4. The predicted molar refractivity (Wildman–Crippen MR) is 113 cm³/mol. The maximum Gasteiger partial charge on any atom is 0.250 e. The van der Waals surface area contributed by atoms with Crippen LogP contribution in [-0.4, -0.2) is 29.5 Å². The second-order valence-corrected chi connectivity index (χ2v) is 7.62. The van der Waals surface area contributed by atoms with Crippen molar-refractivity contribution in [2.45, 2.75) is 10.9 Å². The highest BCUT2D eigenvalue weighted by Gasteiger charge is 2.07. The molecule has 6 nitrogen and oxygen atoms in total. The van der Waals surface area contributed by atoms with Crippen LogP contribution in [0.5, 0.6) is 11.5 Å². The molecule has 3 aromatic rings. The van der Waals surface area contributed by atoms with Crippen LogP contribution in [0.2, 0.25) is 0 Å². The lowest BCUT2D eigenvalue weighted by atomic mass is 10.2. The summed E-state index contributed by atoms with van der Waals surface area (Å²) in [5.74, 6) is 0.978. The highest BCUT2D eigenvalue weighted by Crippen LogP contribution is 2.29. The van der Waals surface area contributed by atoms with Crippen molar-refractivity contribution >= 4 is 40.2 Å². The number of methoxy groups -OCH3 is 1. The molecule has 144 valence electrons. The van der Waals surface area contributed by atoms with E-state index in [0.29, 0.717) is 23.2 Å². The summed E-state index contributed by atoms with van der Waals surface area (Å²) < 4.78 is 12.1. The normalized spacial score (nSPS) is 10.8. The second kappa shape index (κ2) is 9.91. The number of carbonyl (C=O) groups is 1. The number of hydrogen-bond acceptors (Lipinski definition) is 7. The fraction of sp³-hybridized carbons (Fsp3) is 0.150. The molecule has 1 heterocycles. The maximum atomic E-state index is 12.0. The Morgan fingerprint density at radius 1 is 1.18 bits per heavy atom. The van der Waals surface area contributed by atoms with Crippen molar-refractivity contribution in [2.24, 2.45) is 0 Å². The number of thioether (sulfide) groups is 1. The van der Waals surface area contributed by atoms with Gasteiger partial charge in [-0.15, -0.1) is 10.2 Å². The van der Waals surface area contributed by atoms with Crippen molar-refractivity contribution in [1.29, 1.82) is 0 Å². The first kappa shape index (κ1) is 19.9. The van der Waals surface area contributed by atoms with Crippen LogP contribution in [-0.2, 0) is 11.4 Å². The van der Waals surface area contributed by atoms with Crippen molar-refractivity contribution < 1.29 is 14.3 Å². The van der Waals surface area contributed by atoms with E-state index in [1.165, 1.54) is 29.2 Å². The Morgan fingerprint density at radius 3 is 2.71 bits per heavy atom. The van der Waals surface area contributed by atoms with Gasteiger partial charge in [-0.25, -0.2) is 0 Å². The smallest absolute Gasteiger partial charge is 0.250 e. The van der Waals surface area contributed by atoms with Gasteiger partial charge in [-0.3, -0.25) is 10.1 Å². The lowest BCUT2D eigenvalue weighted by Gasteiger charge is -2.11. The largest absolute Gasteiger partial charge is 0.493 e. The lowest BCUT2D eigenvalue weighted by Crippen LogP contribution is -2.07. The molecule has 0 aliphatic carbocycles. The van der Waals surface area contributed by atoms with Gasteiger partial charge < -0.3 is 9.47 Å². The summed E-state index contributed by atoms with van der Waals surface area (Å²) in [6.07, 6.45) is 5.06. The van der Waals surface area contributed by atoms with Crippen molar-refractivity contribution in [1.82, 2.24) is 10.2 Å². The Kier molecular flexibility index (Phi) is 7.05. The standard InChI is InChI=1S/C20H19N3O3S2/c1-25-17-12-14(8-10-16(17)26-13-15-6-4-3-5-7-15)9-11-18(24)21-19-22-23-20(27-2)28-19/h3-12H,13H2,1-2H3,(H,21,22,24)/b11-9+. The van der Waals surface area contributed by atoms with Gasteiger partial charge in [0.1, 0.15) is 6.61 Å². The van der Waals surface area contributed by atoms with Crippen LogP contribution in [0.1, 0.15) is 11.1 Å². The van der Waals surface area contributed by atoms with Crippen LogP contribution in [0.4, 0.5) is 5.13 Å². The lowest BCUT2D eigenvalue weighted by molar-refractivity contribution is -0.111. The van der Waals surface area contributed by atoms with Gasteiger partial charge in [0.05, 0.1) is 7.11 Å². The SMILES string of the molecule is COc1cc(/C=C/C(=O)Nc2nnc(SC)s2)ccc1OCc1ccccc1. The molecule has 8 heteroatoms. The number of hydrogen-bond donors (Lipinski definition) is 1. The third kappa shape index (κ3) is 5.58. The summed E-state index contributed by atoms with van der Waals surface area (Å²) in [7, 11) is 1.59. The number of anilines is 1. The minimum absolute atomic E-state index is 0.271. The molecule has 28 heavy (non-hydrogen) atoms. The Hall–Kier alpha value is -2.84. The molecular weight excluding hydrogens is 394 g/mol. The van der Waals surface area contributed by atoms with Gasteiger partial charge in [0, 0.05) is 6.08 Å². The number of rotatable bonds is 8. The van der Waals surface area contributed by atoms with Gasteiger partial charge in [-0.2, -0.15) is 0 Å². The maximum absolute atomic E-state index is 12.0. The summed E-state index contributed by atoms with van der Waals surface area (Å²) in [5, 5.41) is 11.0. The van der Waals surface area contributed by atoms with E-state index in [0.717, 1.165) is 15.5 Å². The molecule has 0 radical (unpaired) electrons. The van der Waals surface area contributed by atoms with E-state index in [-0.39, 0.29) is 5.91 Å². The molecular formula is C20H19N3O3S2.